The summed E-state index contributed by atoms with van der Waals surface area (Å²) < 4.78 is 8.69. The molecule has 2 aromatic heterocycles. The fourth-order valence-corrected chi connectivity index (χ4v) is 6.72. The Morgan fingerprint density at radius 2 is 1.56 bits per heavy atom. The molecular weight excluding hydrogens is 500 g/mol. The fraction of sp³-hybridized carbons (Fsp3) is 0.333. The van der Waals surface area contributed by atoms with Crippen LogP contribution in [0.5, 0.6) is 11.5 Å². The minimum absolute atomic E-state index is 0.0141. The lowest BCUT2D eigenvalue weighted by atomic mass is 9.94. The number of anilines is 1. The van der Waals surface area contributed by atoms with E-state index in [2.05, 4.69) is 78.0 Å². The molecule has 1 saturated heterocycles. The van der Waals surface area contributed by atoms with Crippen molar-refractivity contribution >= 4 is 23.0 Å². The van der Waals surface area contributed by atoms with Crippen LogP contribution in [0.1, 0.15) is 78.4 Å². The molecule has 1 saturated carbocycles. The third kappa shape index (κ3) is 5.06. The molecule has 2 fully saturated rings. The maximum Gasteiger partial charge on any atom is 0.174 e. The molecule has 2 aromatic carbocycles. The van der Waals surface area contributed by atoms with Crippen molar-refractivity contribution in [3.05, 3.63) is 107 Å². The van der Waals surface area contributed by atoms with Gasteiger partial charge in [0.25, 0.3) is 0 Å². The normalized spacial score (nSPS) is 19.8. The number of pyridine rings is 1. The Hall–Kier alpha value is -3.64. The van der Waals surface area contributed by atoms with Gasteiger partial charge in [-0.05, 0) is 106 Å². The van der Waals surface area contributed by atoms with Crippen LogP contribution >= 0.6 is 12.2 Å². The number of ether oxygens (including phenoxy) is 1. The second-order valence-electron chi connectivity index (χ2n) is 10.9. The van der Waals surface area contributed by atoms with E-state index < -0.39 is 0 Å². The minimum atomic E-state index is -0.0532. The number of aryl methyl sites for hydroxylation is 2. The number of hydrogen-bond acceptors (Lipinski definition) is 3. The molecule has 6 heteroatoms. The van der Waals surface area contributed by atoms with Gasteiger partial charge in [-0.1, -0.05) is 43.0 Å². The Balaban J connectivity index is 1.37. The van der Waals surface area contributed by atoms with Crippen molar-refractivity contribution in [3.8, 4) is 11.5 Å². The standard InChI is InChI=1S/C33H36N4OS/c1-22-12-16-27(17-13-22)38-28-18-14-26(15-19-28)37-32(31(35-33(37)39)30-11-7-8-20-34-30)29-21-23(2)36(24(29)3)25-9-5-4-6-10-25/h7-8,11-21,25,31-32H,4-6,9-10H2,1-3H3,(H,35,39)/t31-,32-/m0/s1. The molecule has 0 amide bonds. The summed E-state index contributed by atoms with van der Waals surface area (Å²) in [4.78, 5) is 7.00. The molecule has 1 aliphatic carbocycles. The van der Waals surface area contributed by atoms with Gasteiger partial charge in [0, 0.05) is 29.3 Å². The van der Waals surface area contributed by atoms with Crippen molar-refractivity contribution in [2.45, 2.75) is 71.0 Å². The van der Waals surface area contributed by atoms with Gasteiger partial charge in [-0.15, -0.1) is 0 Å². The molecule has 2 aliphatic rings. The molecule has 0 radical (unpaired) electrons. The van der Waals surface area contributed by atoms with Gasteiger partial charge in [-0.3, -0.25) is 4.98 Å². The number of thiocarbonyl (C=S) groups is 1. The third-order valence-electron chi connectivity index (χ3n) is 8.25. The van der Waals surface area contributed by atoms with Crippen LogP contribution in [0.2, 0.25) is 0 Å². The van der Waals surface area contributed by atoms with Gasteiger partial charge in [0.1, 0.15) is 11.5 Å². The lowest BCUT2D eigenvalue weighted by Crippen LogP contribution is -2.29. The first kappa shape index (κ1) is 25.6. The number of rotatable bonds is 6. The van der Waals surface area contributed by atoms with Gasteiger partial charge in [0.15, 0.2) is 5.11 Å². The fourth-order valence-electron chi connectivity index (χ4n) is 6.37. The van der Waals surface area contributed by atoms with E-state index in [9.17, 15) is 0 Å². The van der Waals surface area contributed by atoms with Crippen LogP contribution < -0.4 is 15.0 Å². The maximum absolute atomic E-state index is 6.10. The number of aromatic nitrogens is 2. The predicted molar refractivity (Wildman–Crippen MR) is 162 cm³/mol. The van der Waals surface area contributed by atoms with Gasteiger partial charge in [-0.25, -0.2) is 0 Å². The molecule has 2 atom stereocenters. The zero-order valence-corrected chi connectivity index (χ0v) is 23.7. The largest absolute Gasteiger partial charge is 0.457 e. The number of benzene rings is 2. The van der Waals surface area contributed by atoms with Gasteiger partial charge >= 0.3 is 0 Å². The lowest BCUT2D eigenvalue weighted by Gasteiger charge is -2.30. The summed E-state index contributed by atoms with van der Waals surface area (Å²) in [7, 11) is 0. The first-order chi connectivity index (χ1) is 19.0. The molecule has 4 aromatic rings. The Bertz CT molecular complexity index is 1440. The van der Waals surface area contributed by atoms with Gasteiger partial charge in [-0.2, -0.15) is 0 Å². The topological polar surface area (TPSA) is 42.3 Å². The summed E-state index contributed by atoms with van der Waals surface area (Å²) in [5.74, 6) is 1.63. The van der Waals surface area contributed by atoms with Crippen molar-refractivity contribution in [2.24, 2.45) is 0 Å². The monoisotopic (exact) mass is 536 g/mol. The zero-order chi connectivity index (χ0) is 26.9. The average Bonchev–Trinajstić information content (AvgIpc) is 3.46. The van der Waals surface area contributed by atoms with E-state index in [0.29, 0.717) is 11.2 Å². The SMILES string of the molecule is Cc1ccc(Oc2ccc(N3C(=S)N[C@@H](c4ccccn4)[C@@H]3c3cc(C)n(C4CCCCC4)c3C)cc2)cc1. The Morgan fingerprint density at radius 3 is 2.23 bits per heavy atom. The van der Waals surface area contributed by atoms with E-state index in [1.165, 1.54) is 54.6 Å². The molecule has 5 nitrogen and oxygen atoms in total. The molecule has 0 spiro atoms. The summed E-state index contributed by atoms with van der Waals surface area (Å²) in [5.41, 5.74) is 7.21. The van der Waals surface area contributed by atoms with E-state index in [0.717, 1.165) is 22.9 Å². The van der Waals surface area contributed by atoms with E-state index in [1.807, 2.05) is 36.5 Å². The molecule has 3 heterocycles. The third-order valence-corrected chi connectivity index (χ3v) is 8.57. The Morgan fingerprint density at radius 1 is 0.872 bits per heavy atom. The van der Waals surface area contributed by atoms with Crippen LogP contribution in [0, 0.1) is 20.8 Å². The summed E-state index contributed by atoms with van der Waals surface area (Å²) in [6.07, 6.45) is 8.35. The smallest absolute Gasteiger partial charge is 0.174 e. The van der Waals surface area contributed by atoms with Gasteiger partial charge in [0.05, 0.1) is 17.8 Å². The highest BCUT2D eigenvalue weighted by molar-refractivity contribution is 7.80. The number of nitrogens with zero attached hydrogens (tertiary/aromatic N) is 3. The minimum Gasteiger partial charge on any atom is -0.457 e. The lowest BCUT2D eigenvalue weighted by molar-refractivity contribution is 0.345. The highest BCUT2D eigenvalue weighted by Gasteiger charge is 2.42. The van der Waals surface area contributed by atoms with Gasteiger partial charge in [0.2, 0.25) is 0 Å². The van der Waals surface area contributed by atoms with Crippen molar-refractivity contribution in [3.63, 3.8) is 0 Å². The molecule has 39 heavy (non-hydrogen) atoms. The van der Waals surface area contributed by atoms with Crippen molar-refractivity contribution in [1.82, 2.24) is 14.9 Å². The van der Waals surface area contributed by atoms with Crippen LogP contribution in [0.15, 0.2) is 79.0 Å². The summed E-state index contributed by atoms with van der Waals surface area (Å²) in [6.45, 7) is 6.61. The first-order valence-corrected chi connectivity index (χ1v) is 14.4. The Kier molecular flexibility index (Phi) is 7.13. The molecular formula is C33H36N4OS. The van der Waals surface area contributed by atoms with Crippen molar-refractivity contribution < 1.29 is 4.74 Å². The number of nitrogens with one attached hydrogen (secondary N) is 1. The van der Waals surface area contributed by atoms with Gasteiger partial charge < -0.3 is 19.5 Å². The molecule has 200 valence electrons. The van der Waals surface area contributed by atoms with Crippen LogP contribution in [-0.2, 0) is 0 Å². The maximum atomic E-state index is 6.10. The summed E-state index contributed by atoms with van der Waals surface area (Å²) >= 11 is 5.98. The van der Waals surface area contributed by atoms with Crippen LogP contribution in [0.25, 0.3) is 0 Å². The second kappa shape index (κ2) is 10.9. The summed E-state index contributed by atoms with van der Waals surface area (Å²) in [6, 6.07) is 25.4. The second-order valence-corrected chi connectivity index (χ2v) is 11.3. The zero-order valence-electron chi connectivity index (χ0n) is 22.9. The molecule has 0 unspecified atom stereocenters. The van der Waals surface area contributed by atoms with Crippen LogP contribution in [0.4, 0.5) is 5.69 Å². The van der Waals surface area contributed by atoms with E-state index in [-0.39, 0.29) is 12.1 Å². The van der Waals surface area contributed by atoms with Crippen molar-refractivity contribution in [1.29, 1.82) is 0 Å². The molecule has 0 bridgehead atoms. The number of hydrogen-bond donors (Lipinski definition) is 1. The van der Waals surface area contributed by atoms with Crippen molar-refractivity contribution in [2.75, 3.05) is 4.90 Å². The predicted octanol–water partition coefficient (Wildman–Crippen LogP) is 8.28. The summed E-state index contributed by atoms with van der Waals surface area (Å²) in [5, 5.41) is 4.33. The highest BCUT2D eigenvalue weighted by Crippen LogP contribution is 2.45. The Labute approximate surface area is 236 Å². The van der Waals surface area contributed by atoms with Crippen LogP contribution in [-0.4, -0.2) is 14.7 Å². The quantitative estimate of drug-likeness (QED) is 0.251. The molecule has 1 aliphatic heterocycles. The highest BCUT2D eigenvalue weighted by atomic mass is 32.1. The van der Waals surface area contributed by atoms with E-state index >= 15 is 0 Å². The van der Waals surface area contributed by atoms with E-state index in [1.54, 1.807) is 0 Å². The van der Waals surface area contributed by atoms with E-state index in [4.69, 9.17) is 21.9 Å². The molecule has 6 rings (SSSR count). The average molecular weight is 537 g/mol. The van der Waals surface area contributed by atoms with Crippen LogP contribution in [0.3, 0.4) is 0 Å². The first-order valence-electron chi connectivity index (χ1n) is 14.0. The molecule has 1 N–H and O–H groups in total.